The largest absolute Gasteiger partial charge is 0.465 e. The molecule has 21 heavy (non-hydrogen) atoms. The Morgan fingerprint density at radius 2 is 2.10 bits per heavy atom. The number of ether oxygens (including phenoxy) is 1. The molecule has 0 saturated heterocycles. The van der Waals surface area contributed by atoms with Gasteiger partial charge in [0.2, 0.25) is 0 Å². The first-order valence-corrected chi connectivity index (χ1v) is 8.44. The molecule has 0 radical (unpaired) electrons. The van der Waals surface area contributed by atoms with Crippen molar-refractivity contribution in [1.29, 1.82) is 0 Å². The summed E-state index contributed by atoms with van der Waals surface area (Å²) in [6.45, 7) is 6.39. The molecule has 116 valence electrons. The second kappa shape index (κ2) is 7.07. The lowest BCUT2D eigenvalue weighted by Crippen LogP contribution is -2.37. The second-order valence-corrected chi connectivity index (χ2v) is 6.67. The van der Waals surface area contributed by atoms with Crippen molar-refractivity contribution in [2.75, 3.05) is 13.2 Å². The maximum atomic E-state index is 12.7. The normalized spacial score (nSPS) is 14.0. The first-order valence-electron chi connectivity index (χ1n) is 7.62. The maximum Gasteiger partial charge on any atom is 0.325 e. The van der Waals surface area contributed by atoms with Gasteiger partial charge in [-0.3, -0.25) is 9.59 Å². The van der Waals surface area contributed by atoms with Crippen LogP contribution in [0.2, 0.25) is 0 Å². The van der Waals surface area contributed by atoms with E-state index in [9.17, 15) is 9.59 Å². The van der Waals surface area contributed by atoms with Crippen molar-refractivity contribution in [2.24, 2.45) is 0 Å². The molecule has 0 aromatic carbocycles. The van der Waals surface area contributed by atoms with Gasteiger partial charge in [-0.05, 0) is 44.7 Å². The third-order valence-corrected chi connectivity index (χ3v) is 4.68. The van der Waals surface area contributed by atoms with E-state index in [0.29, 0.717) is 6.61 Å². The van der Waals surface area contributed by atoms with Crippen molar-refractivity contribution >= 4 is 23.2 Å². The molecule has 2 rings (SSSR count). The van der Waals surface area contributed by atoms with Crippen LogP contribution in [0.3, 0.4) is 0 Å². The molecule has 1 heterocycles. The van der Waals surface area contributed by atoms with Crippen LogP contribution in [-0.4, -0.2) is 36.0 Å². The van der Waals surface area contributed by atoms with Crippen LogP contribution in [0.5, 0.6) is 0 Å². The van der Waals surface area contributed by atoms with E-state index in [1.54, 1.807) is 11.8 Å². The summed E-state index contributed by atoms with van der Waals surface area (Å²) in [6.07, 6.45) is 4.03. The van der Waals surface area contributed by atoms with Gasteiger partial charge in [0.1, 0.15) is 6.54 Å². The molecule has 0 aliphatic heterocycles. The Morgan fingerprint density at radius 1 is 1.38 bits per heavy atom. The minimum Gasteiger partial charge on any atom is -0.465 e. The number of amides is 1. The van der Waals surface area contributed by atoms with Gasteiger partial charge in [-0.2, -0.15) is 0 Å². The standard InChI is InChI=1S/C16H23NO3S/c1-4-6-12-9-14(21-11(12)3)16(19)17(13-7-8-13)10-15(18)20-5-2/h9,13H,4-8,10H2,1-3H3. The third-order valence-electron chi connectivity index (χ3n) is 3.60. The molecule has 0 unspecified atom stereocenters. The monoisotopic (exact) mass is 309 g/mol. The van der Waals surface area contributed by atoms with Gasteiger partial charge in [-0.15, -0.1) is 11.3 Å². The number of hydrogen-bond donors (Lipinski definition) is 0. The molecule has 0 atom stereocenters. The average Bonchev–Trinajstić information content (AvgIpc) is 3.21. The van der Waals surface area contributed by atoms with Crippen molar-refractivity contribution in [3.8, 4) is 0 Å². The molecule has 1 aliphatic rings. The van der Waals surface area contributed by atoms with Gasteiger partial charge in [-0.1, -0.05) is 13.3 Å². The average molecular weight is 309 g/mol. The van der Waals surface area contributed by atoms with Crippen LogP contribution in [0.1, 0.15) is 53.2 Å². The third kappa shape index (κ3) is 4.06. The topological polar surface area (TPSA) is 46.6 Å². The van der Waals surface area contributed by atoms with Crippen molar-refractivity contribution in [1.82, 2.24) is 4.90 Å². The van der Waals surface area contributed by atoms with Gasteiger partial charge in [-0.25, -0.2) is 0 Å². The fourth-order valence-electron chi connectivity index (χ4n) is 2.38. The number of carbonyl (C=O) groups excluding carboxylic acids is 2. The SMILES string of the molecule is CCCc1cc(C(=O)N(CC(=O)OCC)C2CC2)sc1C. The van der Waals surface area contributed by atoms with Gasteiger partial charge in [0, 0.05) is 10.9 Å². The van der Waals surface area contributed by atoms with E-state index >= 15 is 0 Å². The zero-order valence-electron chi connectivity index (χ0n) is 13.0. The van der Waals surface area contributed by atoms with Crippen LogP contribution in [0.15, 0.2) is 6.07 Å². The second-order valence-electron chi connectivity index (χ2n) is 5.41. The van der Waals surface area contributed by atoms with Crippen molar-refractivity contribution in [3.05, 3.63) is 21.4 Å². The van der Waals surface area contributed by atoms with Gasteiger partial charge in [0.25, 0.3) is 5.91 Å². The number of hydrogen-bond acceptors (Lipinski definition) is 4. The lowest BCUT2D eigenvalue weighted by Gasteiger charge is -2.20. The van der Waals surface area contributed by atoms with E-state index in [4.69, 9.17) is 4.74 Å². The fourth-order valence-corrected chi connectivity index (χ4v) is 3.41. The van der Waals surface area contributed by atoms with Crippen LogP contribution in [-0.2, 0) is 16.0 Å². The first-order chi connectivity index (χ1) is 10.1. The fraction of sp³-hybridized carbons (Fsp3) is 0.625. The van der Waals surface area contributed by atoms with Crippen LogP contribution >= 0.6 is 11.3 Å². The Kier molecular flexibility index (Phi) is 5.39. The van der Waals surface area contributed by atoms with Gasteiger partial charge >= 0.3 is 5.97 Å². The summed E-state index contributed by atoms with van der Waals surface area (Å²) in [5.74, 6) is -0.346. The van der Waals surface area contributed by atoms with Gasteiger partial charge in [0.05, 0.1) is 11.5 Å². The summed E-state index contributed by atoms with van der Waals surface area (Å²) in [6, 6.07) is 2.20. The van der Waals surface area contributed by atoms with E-state index < -0.39 is 0 Å². The molecule has 4 nitrogen and oxygen atoms in total. The smallest absolute Gasteiger partial charge is 0.325 e. The Hall–Kier alpha value is -1.36. The Labute approximate surface area is 130 Å². The summed E-state index contributed by atoms with van der Waals surface area (Å²) in [5.41, 5.74) is 1.25. The summed E-state index contributed by atoms with van der Waals surface area (Å²) in [4.78, 5) is 28.0. The minimum atomic E-state index is -0.320. The van der Waals surface area contributed by atoms with E-state index in [0.717, 1.165) is 30.6 Å². The molecule has 1 aromatic rings. The lowest BCUT2D eigenvalue weighted by atomic mass is 10.1. The molecule has 1 aliphatic carbocycles. The Morgan fingerprint density at radius 3 is 2.67 bits per heavy atom. The van der Waals surface area contributed by atoms with Crippen LogP contribution in [0.25, 0.3) is 0 Å². The molecular formula is C16H23NO3S. The summed E-state index contributed by atoms with van der Waals surface area (Å²) < 4.78 is 4.97. The Balaban J connectivity index is 2.11. The number of aryl methyl sites for hydroxylation is 2. The highest BCUT2D eigenvalue weighted by Crippen LogP contribution is 2.31. The van der Waals surface area contributed by atoms with E-state index in [1.807, 2.05) is 6.07 Å². The maximum absolute atomic E-state index is 12.7. The highest BCUT2D eigenvalue weighted by Gasteiger charge is 2.35. The van der Waals surface area contributed by atoms with E-state index in [-0.39, 0.29) is 24.5 Å². The number of carbonyl (C=O) groups is 2. The molecule has 1 amide bonds. The molecule has 1 fully saturated rings. The predicted octanol–water partition coefficient (Wildman–Crippen LogP) is 3.18. The summed E-state index contributed by atoms with van der Waals surface area (Å²) >= 11 is 1.53. The highest BCUT2D eigenvalue weighted by molar-refractivity contribution is 7.14. The molecule has 0 bridgehead atoms. The van der Waals surface area contributed by atoms with Crippen LogP contribution < -0.4 is 0 Å². The van der Waals surface area contributed by atoms with Crippen LogP contribution in [0, 0.1) is 6.92 Å². The number of nitrogens with zero attached hydrogens (tertiary/aromatic N) is 1. The zero-order chi connectivity index (χ0) is 15.4. The molecular weight excluding hydrogens is 286 g/mol. The molecule has 0 spiro atoms. The zero-order valence-corrected chi connectivity index (χ0v) is 13.8. The molecule has 1 aromatic heterocycles. The Bertz CT molecular complexity index is 520. The van der Waals surface area contributed by atoms with Crippen molar-refractivity contribution in [2.45, 2.75) is 52.5 Å². The highest BCUT2D eigenvalue weighted by atomic mass is 32.1. The summed E-state index contributed by atoms with van der Waals surface area (Å²) in [5, 5.41) is 0. The van der Waals surface area contributed by atoms with Crippen molar-refractivity contribution < 1.29 is 14.3 Å². The lowest BCUT2D eigenvalue weighted by molar-refractivity contribution is -0.143. The van der Waals surface area contributed by atoms with E-state index in [1.165, 1.54) is 21.8 Å². The number of thiophene rings is 1. The summed E-state index contributed by atoms with van der Waals surface area (Å²) in [7, 11) is 0. The van der Waals surface area contributed by atoms with Crippen LogP contribution in [0.4, 0.5) is 0 Å². The minimum absolute atomic E-state index is 0.0268. The molecule has 1 saturated carbocycles. The number of rotatable bonds is 7. The van der Waals surface area contributed by atoms with Gasteiger partial charge < -0.3 is 9.64 Å². The van der Waals surface area contributed by atoms with Gasteiger partial charge in [0.15, 0.2) is 0 Å². The molecule has 0 N–H and O–H groups in total. The molecule has 5 heteroatoms. The van der Waals surface area contributed by atoms with Crippen molar-refractivity contribution in [3.63, 3.8) is 0 Å². The number of esters is 1. The quantitative estimate of drug-likeness (QED) is 0.727. The first kappa shape index (κ1) is 16.0. The predicted molar refractivity (Wildman–Crippen MR) is 83.7 cm³/mol. The van der Waals surface area contributed by atoms with E-state index in [2.05, 4.69) is 13.8 Å².